The molecule has 0 aliphatic rings. The van der Waals surface area contributed by atoms with E-state index in [1.165, 1.54) is 45.0 Å². The van der Waals surface area contributed by atoms with Crippen molar-refractivity contribution in [2.45, 2.75) is 29.0 Å². The quantitative estimate of drug-likeness (QED) is 0.560. The number of carbonyl (C=O) groups excluding carboxylic acids is 2. The van der Waals surface area contributed by atoms with E-state index < -0.39 is 15.3 Å². The molecule has 0 unspecified atom stereocenters. The molecule has 0 spiro atoms. The Bertz CT molecular complexity index is 941. The van der Waals surface area contributed by atoms with Crippen LogP contribution in [0.5, 0.6) is 0 Å². The summed E-state index contributed by atoms with van der Waals surface area (Å²) in [6.07, 6.45) is 1.28. The van der Waals surface area contributed by atoms with Crippen LogP contribution in [0, 0.1) is 0 Å². The summed E-state index contributed by atoms with van der Waals surface area (Å²) in [7, 11) is -0.636. The number of anilines is 1. The monoisotopic (exact) mass is 407 g/mol. The van der Waals surface area contributed by atoms with Gasteiger partial charge in [0.1, 0.15) is 4.90 Å². The second-order valence-electron chi connectivity index (χ2n) is 6.01. The van der Waals surface area contributed by atoms with Crippen LogP contribution in [0.25, 0.3) is 0 Å². The van der Waals surface area contributed by atoms with Gasteiger partial charge < -0.3 is 5.32 Å². The van der Waals surface area contributed by atoms with Crippen LogP contribution < -0.4 is 5.32 Å². The molecule has 9 heteroatoms. The zero-order valence-corrected chi connectivity index (χ0v) is 17.1. The predicted octanol–water partition coefficient (Wildman–Crippen LogP) is 2.65. The number of nitrogens with one attached hydrogen (secondary N) is 1. The number of carbonyl (C=O) groups is 2. The number of hydrogen-bond donors (Lipinski definition) is 1. The van der Waals surface area contributed by atoms with Gasteiger partial charge in [-0.1, -0.05) is 23.9 Å². The molecule has 1 aromatic heterocycles. The average Bonchev–Trinajstić information content (AvgIpc) is 2.62. The van der Waals surface area contributed by atoms with E-state index in [-0.39, 0.29) is 16.6 Å². The van der Waals surface area contributed by atoms with Gasteiger partial charge in [-0.15, -0.1) is 0 Å². The van der Waals surface area contributed by atoms with E-state index in [0.717, 1.165) is 4.31 Å². The molecular weight excluding hydrogens is 386 g/mol. The molecule has 0 radical (unpaired) electrons. The molecule has 0 fully saturated rings. The zero-order valence-electron chi connectivity index (χ0n) is 15.5. The third-order valence-corrected chi connectivity index (χ3v) is 6.54. The molecule has 0 aliphatic heterocycles. The number of aromatic nitrogens is 1. The fourth-order valence-corrected chi connectivity index (χ4v) is 3.73. The first kappa shape index (κ1) is 21.1. The minimum atomic E-state index is -3.54. The molecule has 0 bridgehead atoms. The zero-order chi connectivity index (χ0) is 20.2. The van der Waals surface area contributed by atoms with Crippen LogP contribution in [0.2, 0.25) is 0 Å². The van der Waals surface area contributed by atoms with E-state index in [1.54, 1.807) is 37.3 Å². The highest BCUT2D eigenvalue weighted by molar-refractivity contribution is 8.00. The highest BCUT2D eigenvalue weighted by Gasteiger charge is 2.19. The normalized spacial score (nSPS) is 12.6. The summed E-state index contributed by atoms with van der Waals surface area (Å²) in [4.78, 5) is 28.0. The van der Waals surface area contributed by atoms with Gasteiger partial charge in [0.25, 0.3) is 0 Å². The fourth-order valence-electron chi connectivity index (χ4n) is 2.09. The van der Waals surface area contributed by atoms with Crippen molar-refractivity contribution in [3.05, 3.63) is 48.2 Å². The third-order valence-electron chi connectivity index (χ3n) is 3.69. The summed E-state index contributed by atoms with van der Waals surface area (Å²) in [5.41, 5.74) is 1.06. The summed E-state index contributed by atoms with van der Waals surface area (Å²) in [5, 5.41) is 2.84. The Hall–Kier alpha value is -2.23. The van der Waals surface area contributed by atoms with Gasteiger partial charge >= 0.3 is 0 Å². The number of amides is 1. The Morgan fingerprint density at radius 2 is 1.89 bits per heavy atom. The van der Waals surface area contributed by atoms with Crippen LogP contribution in [0.3, 0.4) is 0 Å². The Labute approximate surface area is 163 Å². The lowest BCUT2D eigenvalue weighted by molar-refractivity contribution is -0.115. The van der Waals surface area contributed by atoms with Crippen molar-refractivity contribution in [1.29, 1.82) is 0 Å². The Morgan fingerprint density at radius 3 is 2.44 bits per heavy atom. The topological polar surface area (TPSA) is 96.4 Å². The molecule has 1 atom stereocenters. The van der Waals surface area contributed by atoms with Gasteiger partial charge in [-0.05, 0) is 38.1 Å². The fraction of sp³-hybridized carbons (Fsp3) is 0.278. The van der Waals surface area contributed by atoms with Crippen molar-refractivity contribution in [1.82, 2.24) is 9.29 Å². The van der Waals surface area contributed by atoms with E-state index in [4.69, 9.17) is 0 Å². The summed E-state index contributed by atoms with van der Waals surface area (Å²) in [6.45, 7) is 3.19. The number of sulfonamides is 1. The standard InChI is InChI=1S/C18H21N3O4S2/c1-12(22)14-6-5-7-15(10-14)20-18(23)13(2)26-17-9-8-16(11-19-17)27(24,25)21(3)4/h5-11,13H,1-4H3,(H,20,23)/t13-/m1/s1. The van der Waals surface area contributed by atoms with Crippen LogP contribution in [-0.4, -0.2) is 48.7 Å². The van der Waals surface area contributed by atoms with E-state index in [2.05, 4.69) is 10.3 Å². The Morgan fingerprint density at radius 1 is 1.19 bits per heavy atom. The van der Waals surface area contributed by atoms with Crippen molar-refractivity contribution in [3.63, 3.8) is 0 Å². The van der Waals surface area contributed by atoms with Crippen LogP contribution in [-0.2, 0) is 14.8 Å². The maximum absolute atomic E-state index is 12.4. The molecule has 1 N–H and O–H groups in total. The number of benzene rings is 1. The molecule has 0 aliphatic carbocycles. The minimum absolute atomic E-state index is 0.0783. The molecule has 0 saturated carbocycles. The molecule has 2 rings (SSSR count). The lowest BCUT2D eigenvalue weighted by Gasteiger charge is -2.13. The molecule has 2 aromatic rings. The highest BCUT2D eigenvalue weighted by Crippen LogP contribution is 2.24. The molecule has 0 saturated heterocycles. The lowest BCUT2D eigenvalue weighted by Crippen LogP contribution is -2.23. The van der Waals surface area contributed by atoms with Crippen LogP contribution in [0.1, 0.15) is 24.2 Å². The molecule has 7 nitrogen and oxygen atoms in total. The third kappa shape index (κ3) is 5.38. The van der Waals surface area contributed by atoms with Gasteiger partial charge in [-0.3, -0.25) is 9.59 Å². The van der Waals surface area contributed by atoms with Gasteiger partial charge in [-0.2, -0.15) is 0 Å². The number of hydrogen-bond acceptors (Lipinski definition) is 6. The smallest absolute Gasteiger partial charge is 0.244 e. The van der Waals surface area contributed by atoms with Crippen molar-refractivity contribution >= 4 is 39.2 Å². The van der Waals surface area contributed by atoms with Crippen molar-refractivity contribution in [2.75, 3.05) is 19.4 Å². The number of Topliss-reactive ketones (excluding diaryl/α,β-unsaturated/α-hetero) is 1. The predicted molar refractivity (Wildman–Crippen MR) is 106 cm³/mol. The van der Waals surface area contributed by atoms with Gasteiger partial charge in [0.05, 0.1) is 10.3 Å². The Balaban J connectivity index is 2.04. The molecule has 27 heavy (non-hydrogen) atoms. The molecule has 144 valence electrons. The van der Waals surface area contributed by atoms with E-state index in [1.807, 2.05) is 0 Å². The molecule has 1 aromatic carbocycles. The van der Waals surface area contributed by atoms with E-state index in [0.29, 0.717) is 16.3 Å². The maximum atomic E-state index is 12.4. The number of ketones is 1. The number of pyridine rings is 1. The first-order valence-electron chi connectivity index (χ1n) is 8.08. The largest absolute Gasteiger partial charge is 0.325 e. The van der Waals surface area contributed by atoms with Gasteiger partial charge in [0.2, 0.25) is 15.9 Å². The number of rotatable bonds is 7. The van der Waals surface area contributed by atoms with Gasteiger partial charge in [-0.25, -0.2) is 17.7 Å². The van der Waals surface area contributed by atoms with E-state index in [9.17, 15) is 18.0 Å². The maximum Gasteiger partial charge on any atom is 0.244 e. The first-order chi connectivity index (χ1) is 12.6. The second-order valence-corrected chi connectivity index (χ2v) is 9.52. The minimum Gasteiger partial charge on any atom is -0.325 e. The van der Waals surface area contributed by atoms with Crippen LogP contribution in [0.4, 0.5) is 5.69 Å². The molecule has 1 heterocycles. The van der Waals surface area contributed by atoms with Crippen LogP contribution >= 0.6 is 11.8 Å². The second kappa shape index (κ2) is 8.64. The van der Waals surface area contributed by atoms with Gasteiger partial charge in [0.15, 0.2) is 5.78 Å². The van der Waals surface area contributed by atoms with Gasteiger partial charge in [0, 0.05) is 31.5 Å². The SMILES string of the molecule is CC(=O)c1cccc(NC(=O)[C@@H](C)Sc2ccc(S(=O)(=O)N(C)C)cn2)c1. The van der Waals surface area contributed by atoms with E-state index >= 15 is 0 Å². The highest BCUT2D eigenvalue weighted by atomic mass is 32.2. The average molecular weight is 408 g/mol. The van der Waals surface area contributed by atoms with Crippen molar-refractivity contribution in [3.8, 4) is 0 Å². The number of nitrogens with zero attached hydrogens (tertiary/aromatic N) is 2. The summed E-state index contributed by atoms with van der Waals surface area (Å²) < 4.78 is 25.2. The van der Waals surface area contributed by atoms with Crippen molar-refractivity contribution in [2.24, 2.45) is 0 Å². The summed E-state index contributed by atoms with van der Waals surface area (Å²) in [5.74, 6) is -0.321. The lowest BCUT2D eigenvalue weighted by atomic mass is 10.1. The first-order valence-corrected chi connectivity index (χ1v) is 10.4. The van der Waals surface area contributed by atoms with Crippen molar-refractivity contribution < 1.29 is 18.0 Å². The molecular formula is C18H21N3O4S2. The summed E-state index contributed by atoms with van der Waals surface area (Å²) >= 11 is 1.21. The Kier molecular flexibility index (Phi) is 6.74. The summed E-state index contributed by atoms with van der Waals surface area (Å²) in [6, 6.07) is 9.75. The molecule has 1 amide bonds. The number of thioether (sulfide) groups is 1. The van der Waals surface area contributed by atoms with Crippen LogP contribution in [0.15, 0.2) is 52.5 Å².